The molecule has 0 bridgehead atoms. The number of hydrogen-bond acceptors (Lipinski definition) is 3. The Kier molecular flexibility index (Phi) is 2.45. The van der Waals surface area contributed by atoms with Gasteiger partial charge in [0.25, 0.3) is 6.47 Å². The molecule has 0 fully saturated rings. The average Bonchev–Trinajstić information content (AvgIpc) is 2.68. The summed E-state index contributed by atoms with van der Waals surface area (Å²) in [4.78, 5) is 10.2. The molecule has 0 aliphatic rings. The van der Waals surface area contributed by atoms with Crippen LogP contribution >= 0.6 is 0 Å². The molecule has 2 rings (SSSR count). The van der Waals surface area contributed by atoms with Crippen molar-refractivity contribution >= 4 is 6.47 Å². The predicted octanol–water partition coefficient (Wildman–Crippen LogP) is 1.75. The van der Waals surface area contributed by atoms with Crippen molar-refractivity contribution in [1.82, 2.24) is 10.2 Å². The van der Waals surface area contributed by atoms with Crippen molar-refractivity contribution in [2.75, 3.05) is 0 Å². The highest BCUT2D eigenvalue weighted by atomic mass is 19.1. The second kappa shape index (κ2) is 3.91. The van der Waals surface area contributed by atoms with E-state index in [1.807, 2.05) is 0 Å². The van der Waals surface area contributed by atoms with Gasteiger partial charge in [0.05, 0.1) is 11.8 Å². The van der Waals surface area contributed by atoms with Crippen LogP contribution in [-0.4, -0.2) is 16.7 Å². The van der Waals surface area contributed by atoms with Gasteiger partial charge in [-0.2, -0.15) is 5.10 Å². The first-order chi connectivity index (χ1) is 7.31. The third-order valence-corrected chi connectivity index (χ3v) is 1.93. The molecule has 0 spiro atoms. The lowest BCUT2D eigenvalue weighted by Crippen LogP contribution is -1.90. The standard InChI is InChI=1S/C10H7FN2O2/c11-8-3-1-7(2-4-8)9-5-12-13-10(9)15-6-14/h1-6H,(H,12,13). The summed E-state index contributed by atoms with van der Waals surface area (Å²) in [7, 11) is 0. The van der Waals surface area contributed by atoms with Crippen LogP contribution in [0.5, 0.6) is 5.88 Å². The number of halogens is 1. The van der Waals surface area contributed by atoms with Crippen LogP contribution in [0.2, 0.25) is 0 Å². The van der Waals surface area contributed by atoms with Crippen LogP contribution in [-0.2, 0) is 4.79 Å². The zero-order valence-corrected chi connectivity index (χ0v) is 7.61. The molecule has 1 aromatic heterocycles. The normalized spacial score (nSPS) is 9.93. The summed E-state index contributed by atoms with van der Waals surface area (Å²) in [5, 5.41) is 6.26. The number of ether oxygens (including phenoxy) is 1. The Morgan fingerprint density at radius 1 is 1.33 bits per heavy atom. The molecular weight excluding hydrogens is 199 g/mol. The molecular formula is C10H7FN2O2. The van der Waals surface area contributed by atoms with Gasteiger partial charge in [0, 0.05) is 0 Å². The van der Waals surface area contributed by atoms with E-state index in [0.29, 0.717) is 12.0 Å². The summed E-state index contributed by atoms with van der Waals surface area (Å²) in [6, 6.07) is 5.82. The Balaban J connectivity index is 2.40. The highest BCUT2D eigenvalue weighted by molar-refractivity contribution is 5.69. The van der Waals surface area contributed by atoms with E-state index in [-0.39, 0.29) is 11.7 Å². The van der Waals surface area contributed by atoms with Crippen LogP contribution in [0.15, 0.2) is 30.5 Å². The molecule has 76 valence electrons. The third-order valence-electron chi connectivity index (χ3n) is 1.93. The number of nitrogens with zero attached hydrogens (tertiary/aromatic N) is 1. The van der Waals surface area contributed by atoms with Gasteiger partial charge in [-0.25, -0.2) is 9.49 Å². The van der Waals surface area contributed by atoms with Crippen LogP contribution in [0.1, 0.15) is 0 Å². The SMILES string of the molecule is O=COc1[nH]ncc1-c1ccc(F)cc1. The van der Waals surface area contributed by atoms with Gasteiger partial charge in [-0.15, -0.1) is 0 Å². The Labute approximate surface area is 84.7 Å². The fraction of sp³-hybridized carbons (Fsp3) is 0. The summed E-state index contributed by atoms with van der Waals surface area (Å²) in [5.41, 5.74) is 1.34. The smallest absolute Gasteiger partial charge is 0.299 e. The molecule has 1 heterocycles. The number of benzene rings is 1. The molecule has 0 saturated heterocycles. The quantitative estimate of drug-likeness (QED) is 0.778. The average molecular weight is 206 g/mol. The van der Waals surface area contributed by atoms with E-state index in [9.17, 15) is 9.18 Å². The number of rotatable bonds is 3. The van der Waals surface area contributed by atoms with E-state index in [2.05, 4.69) is 14.9 Å². The van der Waals surface area contributed by atoms with E-state index in [4.69, 9.17) is 0 Å². The van der Waals surface area contributed by atoms with Crippen LogP contribution in [0.3, 0.4) is 0 Å². The number of H-pyrrole nitrogens is 1. The van der Waals surface area contributed by atoms with Crippen molar-refractivity contribution in [1.29, 1.82) is 0 Å². The molecule has 0 saturated carbocycles. The molecule has 0 aliphatic carbocycles. The van der Waals surface area contributed by atoms with E-state index >= 15 is 0 Å². The minimum absolute atomic E-state index is 0.247. The summed E-state index contributed by atoms with van der Waals surface area (Å²) in [5.74, 6) is -0.0725. The number of nitrogens with one attached hydrogen (secondary N) is 1. The van der Waals surface area contributed by atoms with Crippen molar-refractivity contribution in [3.05, 3.63) is 36.3 Å². The number of aromatic nitrogens is 2. The van der Waals surface area contributed by atoms with Gasteiger partial charge in [-0.05, 0) is 17.7 Å². The third kappa shape index (κ3) is 1.85. The van der Waals surface area contributed by atoms with Gasteiger partial charge in [0.15, 0.2) is 0 Å². The van der Waals surface area contributed by atoms with Crippen LogP contribution in [0.4, 0.5) is 4.39 Å². The molecule has 2 aromatic rings. The fourth-order valence-corrected chi connectivity index (χ4v) is 1.25. The van der Waals surface area contributed by atoms with E-state index in [1.165, 1.54) is 18.3 Å². The Hall–Kier alpha value is -2.17. The van der Waals surface area contributed by atoms with Crippen molar-refractivity contribution < 1.29 is 13.9 Å². The van der Waals surface area contributed by atoms with Crippen LogP contribution in [0, 0.1) is 5.82 Å². The lowest BCUT2D eigenvalue weighted by molar-refractivity contribution is -0.120. The highest BCUT2D eigenvalue weighted by Crippen LogP contribution is 2.27. The van der Waals surface area contributed by atoms with E-state index < -0.39 is 0 Å². The molecule has 0 amide bonds. The Bertz CT molecular complexity index is 465. The zero-order valence-electron chi connectivity index (χ0n) is 7.61. The van der Waals surface area contributed by atoms with Gasteiger partial charge in [0.1, 0.15) is 5.82 Å². The van der Waals surface area contributed by atoms with E-state index in [1.54, 1.807) is 12.1 Å². The second-order valence-corrected chi connectivity index (χ2v) is 2.83. The van der Waals surface area contributed by atoms with Gasteiger partial charge >= 0.3 is 0 Å². The minimum Gasteiger partial charge on any atom is -0.409 e. The molecule has 0 aliphatic heterocycles. The number of aromatic amines is 1. The summed E-state index contributed by atoms with van der Waals surface area (Å²) >= 11 is 0. The number of hydrogen-bond donors (Lipinski definition) is 1. The summed E-state index contributed by atoms with van der Waals surface area (Å²) in [6.07, 6.45) is 1.51. The maximum atomic E-state index is 12.7. The van der Waals surface area contributed by atoms with Gasteiger partial charge in [-0.3, -0.25) is 4.79 Å². The molecule has 0 unspecified atom stereocenters. The minimum atomic E-state index is -0.319. The second-order valence-electron chi connectivity index (χ2n) is 2.83. The van der Waals surface area contributed by atoms with Crippen molar-refractivity contribution in [3.8, 4) is 17.0 Å². The van der Waals surface area contributed by atoms with E-state index in [0.717, 1.165) is 5.56 Å². The number of carbonyl (C=O) groups is 1. The number of carbonyl (C=O) groups excluding carboxylic acids is 1. The molecule has 15 heavy (non-hydrogen) atoms. The molecule has 0 radical (unpaired) electrons. The lowest BCUT2D eigenvalue weighted by Gasteiger charge is -1.99. The first-order valence-electron chi connectivity index (χ1n) is 4.21. The molecule has 5 heteroatoms. The molecule has 0 atom stereocenters. The monoisotopic (exact) mass is 206 g/mol. The van der Waals surface area contributed by atoms with Crippen LogP contribution < -0.4 is 4.74 Å². The van der Waals surface area contributed by atoms with Crippen molar-refractivity contribution in [3.63, 3.8) is 0 Å². The maximum Gasteiger partial charge on any atom is 0.299 e. The first kappa shape index (κ1) is 9.39. The zero-order chi connectivity index (χ0) is 10.7. The van der Waals surface area contributed by atoms with Crippen molar-refractivity contribution in [2.45, 2.75) is 0 Å². The lowest BCUT2D eigenvalue weighted by atomic mass is 10.1. The first-order valence-corrected chi connectivity index (χ1v) is 4.21. The Morgan fingerprint density at radius 3 is 2.73 bits per heavy atom. The van der Waals surface area contributed by atoms with Gasteiger partial charge < -0.3 is 4.74 Å². The van der Waals surface area contributed by atoms with Crippen molar-refractivity contribution in [2.24, 2.45) is 0 Å². The van der Waals surface area contributed by atoms with Gasteiger partial charge in [0.2, 0.25) is 5.88 Å². The summed E-state index contributed by atoms with van der Waals surface area (Å²) in [6.45, 7) is 0.306. The van der Waals surface area contributed by atoms with Gasteiger partial charge in [-0.1, -0.05) is 12.1 Å². The highest BCUT2D eigenvalue weighted by Gasteiger charge is 2.08. The predicted molar refractivity (Wildman–Crippen MR) is 50.7 cm³/mol. The molecule has 4 nitrogen and oxygen atoms in total. The Morgan fingerprint density at radius 2 is 2.07 bits per heavy atom. The largest absolute Gasteiger partial charge is 0.409 e. The maximum absolute atomic E-state index is 12.7. The summed E-state index contributed by atoms with van der Waals surface area (Å²) < 4.78 is 17.3. The molecule has 1 aromatic carbocycles. The van der Waals surface area contributed by atoms with Crippen LogP contribution in [0.25, 0.3) is 11.1 Å². The topological polar surface area (TPSA) is 55.0 Å². The fourth-order valence-electron chi connectivity index (χ4n) is 1.25. The molecule has 1 N–H and O–H groups in total.